The molecular weight excluding hydrogens is 188 g/mol. The SMILES string of the molecule is N#CCc1cc(C(F)F)ncc1C#N. The molecule has 0 atom stereocenters. The van der Waals surface area contributed by atoms with Crippen LogP contribution in [0.5, 0.6) is 0 Å². The van der Waals surface area contributed by atoms with E-state index >= 15 is 0 Å². The quantitative estimate of drug-likeness (QED) is 0.721. The van der Waals surface area contributed by atoms with Gasteiger partial charge in [-0.2, -0.15) is 10.5 Å². The molecule has 0 bridgehead atoms. The molecule has 1 rings (SSSR count). The molecule has 5 heteroatoms. The van der Waals surface area contributed by atoms with Gasteiger partial charge in [0.25, 0.3) is 6.43 Å². The summed E-state index contributed by atoms with van der Waals surface area (Å²) in [4.78, 5) is 3.41. The average Bonchev–Trinajstić information content (AvgIpc) is 2.18. The van der Waals surface area contributed by atoms with Crippen LogP contribution in [-0.2, 0) is 6.42 Å². The van der Waals surface area contributed by atoms with Crippen molar-refractivity contribution in [3.8, 4) is 12.1 Å². The van der Waals surface area contributed by atoms with Gasteiger partial charge < -0.3 is 0 Å². The van der Waals surface area contributed by atoms with Crippen LogP contribution in [0.15, 0.2) is 12.3 Å². The van der Waals surface area contributed by atoms with Crippen molar-refractivity contribution in [2.24, 2.45) is 0 Å². The van der Waals surface area contributed by atoms with E-state index in [4.69, 9.17) is 10.5 Å². The minimum Gasteiger partial charge on any atom is -0.254 e. The van der Waals surface area contributed by atoms with Crippen LogP contribution in [0.4, 0.5) is 8.78 Å². The van der Waals surface area contributed by atoms with E-state index in [9.17, 15) is 8.78 Å². The third kappa shape index (κ3) is 2.02. The predicted octanol–water partition coefficient (Wildman–Crippen LogP) is 1.96. The van der Waals surface area contributed by atoms with Crippen LogP contribution < -0.4 is 0 Å². The summed E-state index contributed by atoms with van der Waals surface area (Å²) in [5.41, 5.74) is 0.0468. The number of aromatic nitrogens is 1. The lowest BCUT2D eigenvalue weighted by Crippen LogP contribution is -1.96. The second-order valence-electron chi connectivity index (χ2n) is 2.51. The van der Waals surface area contributed by atoms with Gasteiger partial charge in [-0.3, -0.25) is 4.98 Å². The molecule has 1 heterocycles. The van der Waals surface area contributed by atoms with E-state index in [1.165, 1.54) is 0 Å². The fourth-order valence-electron chi connectivity index (χ4n) is 0.967. The van der Waals surface area contributed by atoms with Crippen LogP contribution in [0.1, 0.15) is 23.2 Å². The molecule has 0 aromatic carbocycles. The number of rotatable bonds is 2. The average molecular weight is 193 g/mol. The zero-order valence-electron chi connectivity index (χ0n) is 7.04. The molecule has 1 aromatic heterocycles. The molecular formula is C9H5F2N3. The molecule has 0 aliphatic heterocycles. The summed E-state index contributed by atoms with van der Waals surface area (Å²) in [6.07, 6.45) is -1.68. The van der Waals surface area contributed by atoms with Crippen molar-refractivity contribution in [1.29, 1.82) is 10.5 Å². The third-order valence-corrected chi connectivity index (χ3v) is 1.62. The number of alkyl halides is 2. The first-order valence-corrected chi connectivity index (χ1v) is 3.73. The van der Waals surface area contributed by atoms with Gasteiger partial charge in [0.05, 0.1) is 18.1 Å². The van der Waals surface area contributed by atoms with Crippen LogP contribution in [-0.4, -0.2) is 4.98 Å². The van der Waals surface area contributed by atoms with E-state index < -0.39 is 12.1 Å². The van der Waals surface area contributed by atoms with Crippen molar-refractivity contribution in [1.82, 2.24) is 4.98 Å². The fourth-order valence-corrected chi connectivity index (χ4v) is 0.967. The summed E-state index contributed by atoms with van der Waals surface area (Å²) in [7, 11) is 0. The Balaban J connectivity index is 3.17. The van der Waals surface area contributed by atoms with Crippen molar-refractivity contribution >= 4 is 0 Å². The molecule has 0 aliphatic rings. The van der Waals surface area contributed by atoms with E-state index in [0.717, 1.165) is 12.3 Å². The van der Waals surface area contributed by atoms with Crippen LogP contribution >= 0.6 is 0 Å². The molecule has 0 radical (unpaired) electrons. The summed E-state index contributed by atoms with van der Waals surface area (Å²) in [5, 5.41) is 17.0. The zero-order chi connectivity index (χ0) is 10.6. The van der Waals surface area contributed by atoms with Crippen LogP contribution in [0.3, 0.4) is 0 Å². The van der Waals surface area contributed by atoms with Gasteiger partial charge >= 0.3 is 0 Å². The maximum absolute atomic E-state index is 12.2. The Labute approximate surface area is 79.2 Å². The monoisotopic (exact) mass is 193 g/mol. The molecule has 1 aromatic rings. The van der Waals surface area contributed by atoms with E-state index in [1.807, 2.05) is 0 Å². The highest BCUT2D eigenvalue weighted by atomic mass is 19.3. The predicted molar refractivity (Wildman–Crippen MR) is 43.2 cm³/mol. The first kappa shape index (κ1) is 10.1. The van der Waals surface area contributed by atoms with Gasteiger partial charge in [0.15, 0.2) is 0 Å². The second-order valence-corrected chi connectivity index (χ2v) is 2.51. The van der Waals surface area contributed by atoms with Crippen molar-refractivity contribution in [2.45, 2.75) is 12.8 Å². The highest BCUT2D eigenvalue weighted by molar-refractivity contribution is 5.38. The first-order chi connectivity index (χ1) is 6.69. The molecule has 0 amide bonds. The third-order valence-electron chi connectivity index (χ3n) is 1.62. The Kier molecular flexibility index (Phi) is 3.09. The maximum Gasteiger partial charge on any atom is 0.280 e. The Bertz CT molecular complexity index is 415. The van der Waals surface area contributed by atoms with Crippen LogP contribution in [0, 0.1) is 22.7 Å². The summed E-state index contributed by atoms with van der Waals surface area (Å²) in [6.45, 7) is 0. The molecule has 0 unspecified atom stereocenters. The Morgan fingerprint density at radius 2 is 2.14 bits per heavy atom. The lowest BCUT2D eigenvalue weighted by atomic mass is 10.1. The number of pyridine rings is 1. The Morgan fingerprint density at radius 1 is 1.43 bits per heavy atom. The normalized spacial score (nSPS) is 9.50. The van der Waals surface area contributed by atoms with Gasteiger partial charge in [-0.25, -0.2) is 8.78 Å². The number of nitriles is 2. The van der Waals surface area contributed by atoms with Crippen molar-refractivity contribution in [2.75, 3.05) is 0 Å². The van der Waals surface area contributed by atoms with Gasteiger partial charge in [0, 0.05) is 6.20 Å². The topological polar surface area (TPSA) is 60.5 Å². The number of halogens is 2. The van der Waals surface area contributed by atoms with Crippen LogP contribution in [0.2, 0.25) is 0 Å². The van der Waals surface area contributed by atoms with E-state index in [2.05, 4.69) is 4.98 Å². The highest BCUT2D eigenvalue weighted by Gasteiger charge is 2.11. The lowest BCUT2D eigenvalue weighted by Gasteiger charge is -2.02. The minimum absolute atomic E-state index is 0.0644. The molecule has 0 aliphatic carbocycles. The van der Waals surface area contributed by atoms with Gasteiger partial charge in [-0.05, 0) is 11.6 Å². The second kappa shape index (κ2) is 4.29. The number of hydrogen-bond acceptors (Lipinski definition) is 3. The lowest BCUT2D eigenvalue weighted by molar-refractivity contribution is 0.146. The highest BCUT2D eigenvalue weighted by Crippen LogP contribution is 2.19. The van der Waals surface area contributed by atoms with E-state index in [-0.39, 0.29) is 12.0 Å². The smallest absolute Gasteiger partial charge is 0.254 e. The summed E-state index contributed by atoms with van der Waals surface area (Å²) in [6, 6.07) is 4.68. The number of nitrogens with zero attached hydrogens (tertiary/aromatic N) is 3. The molecule has 0 spiro atoms. The summed E-state index contributed by atoms with van der Waals surface area (Å²) < 4.78 is 24.4. The standard InChI is InChI=1S/C9H5F2N3/c10-9(11)8-3-6(1-2-12)7(4-13)5-14-8/h3,5,9H,1H2. The zero-order valence-corrected chi connectivity index (χ0v) is 7.04. The first-order valence-electron chi connectivity index (χ1n) is 3.73. The largest absolute Gasteiger partial charge is 0.280 e. The van der Waals surface area contributed by atoms with Crippen LogP contribution in [0.25, 0.3) is 0 Å². The van der Waals surface area contributed by atoms with Crippen molar-refractivity contribution in [3.05, 3.63) is 29.1 Å². The molecule has 14 heavy (non-hydrogen) atoms. The molecule has 0 N–H and O–H groups in total. The Morgan fingerprint density at radius 3 is 2.64 bits per heavy atom. The van der Waals surface area contributed by atoms with Gasteiger partial charge in [-0.1, -0.05) is 0 Å². The molecule has 0 saturated carbocycles. The minimum atomic E-state index is -2.68. The van der Waals surface area contributed by atoms with Gasteiger partial charge in [0.1, 0.15) is 11.8 Å². The summed E-state index contributed by atoms with van der Waals surface area (Å²) >= 11 is 0. The number of hydrogen-bond donors (Lipinski definition) is 0. The van der Waals surface area contributed by atoms with Crippen molar-refractivity contribution in [3.63, 3.8) is 0 Å². The molecule has 0 saturated heterocycles. The van der Waals surface area contributed by atoms with Gasteiger partial charge in [0.2, 0.25) is 0 Å². The fraction of sp³-hybridized carbons (Fsp3) is 0.222. The van der Waals surface area contributed by atoms with Gasteiger partial charge in [-0.15, -0.1) is 0 Å². The molecule has 70 valence electrons. The maximum atomic E-state index is 12.2. The molecule has 0 fully saturated rings. The molecule has 3 nitrogen and oxygen atoms in total. The van der Waals surface area contributed by atoms with E-state index in [1.54, 1.807) is 12.1 Å². The Hall–Kier alpha value is -2.01. The summed E-state index contributed by atoms with van der Waals surface area (Å²) in [5.74, 6) is 0. The van der Waals surface area contributed by atoms with Crippen molar-refractivity contribution < 1.29 is 8.78 Å². The van der Waals surface area contributed by atoms with E-state index in [0.29, 0.717) is 5.56 Å².